The van der Waals surface area contributed by atoms with Crippen LogP contribution < -0.4 is 5.32 Å². The average molecular weight is 280 g/mol. The van der Waals surface area contributed by atoms with Gasteiger partial charge in [0.15, 0.2) is 0 Å². The SMILES string of the molecule is CC(C)(C)C1CCN(CCNCCc2cccs2)C1. The second-order valence-corrected chi connectivity index (χ2v) is 7.76. The fourth-order valence-corrected chi connectivity index (χ4v) is 3.48. The normalized spacial score (nSPS) is 21.1. The minimum absolute atomic E-state index is 0.474. The van der Waals surface area contributed by atoms with E-state index in [0.717, 1.165) is 19.0 Å². The van der Waals surface area contributed by atoms with Crippen LogP contribution in [0.15, 0.2) is 17.5 Å². The Kier molecular flexibility index (Phi) is 5.43. The minimum Gasteiger partial charge on any atom is -0.315 e. The summed E-state index contributed by atoms with van der Waals surface area (Å²) in [5, 5.41) is 5.73. The number of rotatable bonds is 6. The molecule has 0 bridgehead atoms. The van der Waals surface area contributed by atoms with Crippen LogP contribution in [-0.2, 0) is 6.42 Å². The van der Waals surface area contributed by atoms with Crippen molar-refractivity contribution in [2.24, 2.45) is 11.3 Å². The number of nitrogens with one attached hydrogen (secondary N) is 1. The van der Waals surface area contributed by atoms with E-state index in [0.29, 0.717) is 5.41 Å². The van der Waals surface area contributed by atoms with Crippen molar-refractivity contribution >= 4 is 11.3 Å². The molecular formula is C16H28N2S. The van der Waals surface area contributed by atoms with E-state index in [9.17, 15) is 0 Å². The minimum atomic E-state index is 0.474. The van der Waals surface area contributed by atoms with Crippen molar-refractivity contribution in [1.29, 1.82) is 0 Å². The van der Waals surface area contributed by atoms with Crippen LogP contribution in [0.25, 0.3) is 0 Å². The average Bonchev–Trinajstić information content (AvgIpc) is 2.97. The first-order valence-electron chi connectivity index (χ1n) is 7.51. The number of nitrogens with zero attached hydrogens (tertiary/aromatic N) is 1. The second kappa shape index (κ2) is 6.87. The molecule has 2 rings (SSSR count). The largest absolute Gasteiger partial charge is 0.315 e. The zero-order valence-corrected chi connectivity index (χ0v) is 13.4. The lowest BCUT2D eigenvalue weighted by molar-refractivity contribution is 0.229. The Balaban J connectivity index is 1.55. The fraction of sp³-hybridized carbons (Fsp3) is 0.750. The van der Waals surface area contributed by atoms with Gasteiger partial charge in [-0.25, -0.2) is 0 Å². The molecule has 0 aliphatic carbocycles. The Hall–Kier alpha value is -0.380. The van der Waals surface area contributed by atoms with Gasteiger partial charge in [0, 0.05) is 31.1 Å². The van der Waals surface area contributed by atoms with E-state index < -0.39 is 0 Å². The van der Waals surface area contributed by atoms with Gasteiger partial charge in [-0.2, -0.15) is 0 Å². The Morgan fingerprint density at radius 1 is 1.37 bits per heavy atom. The predicted octanol–water partition coefficient (Wildman–Crippen LogP) is 3.25. The van der Waals surface area contributed by atoms with Crippen LogP contribution in [0.3, 0.4) is 0 Å². The van der Waals surface area contributed by atoms with Gasteiger partial charge in [-0.15, -0.1) is 11.3 Å². The third-order valence-corrected chi connectivity index (χ3v) is 5.17. The van der Waals surface area contributed by atoms with Crippen molar-refractivity contribution in [2.45, 2.75) is 33.6 Å². The fourth-order valence-electron chi connectivity index (χ4n) is 2.77. The topological polar surface area (TPSA) is 15.3 Å². The Morgan fingerprint density at radius 3 is 2.84 bits per heavy atom. The van der Waals surface area contributed by atoms with Crippen molar-refractivity contribution in [3.8, 4) is 0 Å². The summed E-state index contributed by atoms with van der Waals surface area (Å²) < 4.78 is 0. The molecule has 0 amide bonds. The summed E-state index contributed by atoms with van der Waals surface area (Å²) in [6, 6.07) is 4.36. The Bertz CT molecular complexity index is 353. The third kappa shape index (κ3) is 4.90. The quantitative estimate of drug-likeness (QED) is 0.805. The monoisotopic (exact) mass is 280 g/mol. The molecule has 2 heterocycles. The predicted molar refractivity (Wildman–Crippen MR) is 84.9 cm³/mol. The lowest BCUT2D eigenvalue weighted by atomic mass is 9.80. The van der Waals surface area contributed by atoms with Gasteiger partial charge in [0.2, 0.25) is 0 Å². The van der Waals surface area contributed by atoms with Crippen LogP contribution in [-0.4, -0.2) is 37.6 Å². The number of hydrogen-bond donors (Lipinski definition) is 1. The smallest absolute Gasteiger partial charge is 0.0107 e. The lowest BCUT2D eigenvalue weighted by Crippen LogP contribution is -2.32. The van der Waals surface area contributed by atoms with Crippen LogP contribution in [0, 0.1) is 11.3 Å². The molecule has 108 valence electrons. The van der Waals surface area contributed by atoms with Crippen LogP contribution in [0.1, 0.15) is 32.1 Å². The first-order valence-corrected chi connectivity index (χ1v) is 8.39. The van der Waals surface area contributed by atoms with Crippen molar-refractivity contribution in [3.63, 3.8) is 0 Å². The first kappa shape index (κ1) is 15.0. The second-order valence-electron chi connectivity index (χ2n) is 6.73. The zero-order valence-electron chi connectivity index (χ0n) is 12.6. The molecule has 0 saturated carbocycles. The molecule has 1 aliphatic heterocycles. The summed E-state index contributed by atoms with van der Waals surface area (Å²) in [6.45, 7) is 13.1. The Morgan fingerprint density at radius 2 is 2.21 bits per heavy atom. The van der Waals surface area contributed by atoms with Crippen molar-refractivity contribution < 1.29 is 0 Å². The molecule has 2 nitrogen and oxygen atoms in total. The van der Waals surface area contributed by atoms with E-state index in [4.69, 9.17) is 0 Å². The highest BCUT2D eigenvalue weighted by Gasteiger charge is 2.31. The highest BCUT2D eigenvalue weighted by Crippen LogP contribution is 2.33. The molecule has 0 radical (unpaired) electrons. The molecular weight excluding hydrogens is 252 g/mol. The number of likely N-dealkylation sites (tertiary alicyclic amines) is 1. The van der Waals surface area contributed by atoms with Gasteiger partial charge in [0.1, 0.15) is 0 Å². The van der Waals surface area contributed by atoms with E-state index in [1.54, 1.807) is 0 Å². The molecule has 1 fully saturated rings. The van der Waals surface area contributed by atoms with E-state index in [-0.39, 0.29) is 0 Å². The number of thiophene rings is 1. The van der Waals surface area contributed by atoms with Gasteiger partial charge < -0.3 is 10.2 Å². The van der Waals surface area contributed by atoms with Gasteiger partial charge >= 0.3 is 0 Å². The zero-order chi connectivity index (χ0) is 13.7. The molecule has 1 unspecified atom stereocenters. The standard InChI is InChI=1S/C16H28N2S/c1-16(2,3)14-7-10-18(13-14)11-9-17-8-6-15-5-4-12-19-15/h4-5,12,14,17H,6-11,13H2,1-3H3. The molecule has 0 spiro atoms. The molecule has 3 heteroatoms. The van der Waals surface area contributed by atoms with E-state index in [1.807, 2.05) is 11.3 Å². The molecule has 1 aromatic rings. The van der Waals surface area contributed by atoms with E-state index >= 15 is 0 Å². The number of hydrogen-bond acceptors (Lipinski definition) is 3. The maximum absolute atomic E-state index is 3.57. The Labute approximate surface area is 122 Å². The van der Waals surface area contributed by atoms with Crippen molar-refractivity contribution in [1.82, 2.24) is 10.2 Å². The van der Waals surface area contributed by atoms with Crippen LogP contribution in [0.2, 0.25) is 0 Å². The van der Waals surface area contributed by atoms with Crippen LogP contribution in [0.5, 0.6) is 0 Å². The molecule has 1 aliphatic rings. The third-order valence-electron chi connectivity index (χ3n) is 4.23. The maximum atomic E-state index is 3.57. The van der Waals surface area contributed by atoms with Gasteiger partial charge in [0.25, 0.3) is 0 Å². The van der Waals surface area contributed by atoms with Crippen molar-refractivity contribution in [3.05, 3.63) is 22.4 Å². The molecule has 1 saturated heterocycles. The summed E-state index contributed by atoms with van der Waals surface area (Å²) in [6.07, 6.45) is 2.54. The molecule has 1 N–H and O–H groups in total. The first-order chi connectivity index (χ1) is 9.05. The van der Waals surface area contributed by atoms with Gasteiger partial charge in [-0.1, -0.05) is 26.8 Å². The summed E-state index contributed by atoms with van der Waals surface area (Å²) in [4.78, 5) is 4.11. The van der Waals surface area contributed by atoms with Crippen LogP contribution in [0.4, 0.5) is 0 Å². The highest BCUT2D eigenvalue weighted by atomic mass is 32.1. The summed E-state index contributed by atoms with van der Waals surface area (Å²) in [7, 11) is 0. The molecule has 19 heavy (non-hydrogen) atoms. The highest BCUT2D eigenvalue weighted by molar-refractivity contribution is 7.09. The maximum Gasteiger partial charge on any atom is 0.0107 e. The van der Waals surface area contributed by atoms with Gasteiger partial charge in [0.05, 0.1) is 0 Å². The molecule has 0 aromatic carbocycles. The molecule has 1 atom stereocenters. The summed E-state index contributed by atoms with van der Waals surface area (Å²) in [5.74, 6) is 0.874. The van der Waals surface area contributed by atoms with Gasteiger partial charge in [-0.3, -0.25) is 0 Å². The van der Waals surface area contributed by atoms with E-state index in [2.05, 4.69) is 48.5 Å². The lowest BCUT2D eigenvalue weighted by Gasteiger charge is -2.27. The van der Waals surface area contributed by atoms with Crippen LogP contribution >= 0.6 is 11.3 Å². The van der Waals surface area contributed by atoms with Gasteiger partial charge in [-0.05, 0) is 42.2 Å². The van der Waals surface area contributed by atoms with Crippen molar-refractivity contribution in [2.75, 3.05) is 32.7 Å². The summed E-state index contributed by atoms with van der Waals surface area (Å²) in [5.41, 5.74) is 0.474. The molecule has 1 aromatic heterocycles. The summed E-state index contributed by atoms with van der Waals surface area (Å²) >= 11 is 1.86. The van der Waals surface area contributed by atoms with E-state index in [1.165, 1.54) is 37.4 Å².